The maximum absolute atomic E-state index is 6.35. The lowest BCUT2D eigenvalue weighted by atomic mass is 9.87. The lowest BCUT2D eigenvalue weighted by Gasteiger charge is -2.26. The van der Waals surface area contributed by atoms with Crippen LogP contribution in [-0.4, -0.2) is 16.1 Å². The summed E-state index contributed by atoms with van der Waals surface area (Å²) in [5, 5.41) is 14.3. The third kappa shape index (κ3) is 5.95. The number of furan rings is 2. The van der Waals surface area contributed by atoms with Crippen molar-refractivity contribution in [1.29, 1.82) is 0 Å². The van der Waals surface area contributed by atoms with E-state index in [2.05, 4.69) is 181 Å². The van der Waals surface area contributed by atoms with Crippen molar-refractivity contribution in [1.82, 2.24) is 4.57 Å². The van der Waals surface area contributed by atoms with Crippen molar-refractivity contribution in [2.45, 2.75) is 25.8 Å². The van der Waals surface area contributed by atoms with Gasteiger partial charge < -0.3 is 13.4 Å². The fourth-order valence-corrected chi connectivity index (χ4v) is 12.6. The van der Waals surface area contributed by atoms with Gasteiger partial charge >= 0.3 is 0 Å². The number of nitrogens with zero attached hydrogens (tertiary/aromatic N) is 3. The van der Waals surface area contributed by atoms with E-state index in [9.17, 15) is 0 Å². The number of fused-ring (bicyclic) bond motifs is 15. The first-order chi connectivity index (χ1) is 34.1. The highest BCUT2D eigenvalue weighted by Crippen LogP contribution is 2.46. The molecular weight excluding hydrogens is 863 g/mol. The van der Waals surface area contributed by atoms with E-state index in [1.807, 2.05) is 35.6 Å². The predicted octanol–water partition coefficient (Wildman–Crippen LogP) is 17.7. The normalized spacial score (nSPS) is 16.0. The van der Waals surface area contributed by atoms with Crippen LogP contribution < -0.4 is 0 Å². The maximum Gasteiger partial charge on any atom is 0.155 e. The predicted molar refractivity (Wildman–Crippen MR) is 290 cm³/mol. The molecule has 0 amide bonds. The molecule has 10 aromatic carbocycles. The second-order valence-electron chi connectivity index (χ2n) is 18.8. The minimum absolute atomic E-state index is 0.171. The molecule has 69 heavy (non-hydrogen) atoms. The van der Waals surface area contributed by atoms with Crippen LogP contribution in [-0.2, 0) is 0 Å². The Morgan fingerprint density at radius 3 is 1.88 bits per heavy atom. The van der Waals surface area contributed by atoms with Crippen LogP contribution in [0, 0.1) is 5.92 Å². The van der Waals surface area contributed by atoms with Gasteiger partial charge in [-0.3, -0.25) is 4.99 Å². The third-order valence-corrected chi connectivity index (χ3v) is 15.9. The van der Waals surface area contributed by atoms with Gasteiger partial charge in [0, 0.05) is 63.4 Å². The molecule has 1 aliphatic rings. The van der Waals surface area contributed by atoms with Crippen LogP contribution in [0.3, 0.4) is 0 Å². The highest BCUT2D eigenvalue weighted by Gasteiger charge is 2.28. The van der Waals surface area contributed by atoms with Gasteiger partial charge in [0.2, 0.25) is 0 Å². The van der Waals surface area contributed by atoms with Crippen LogP contribution in [0.1, 0.15) is 42.5 Å². The SMILES string of the molecule is CC1CCC(c2ccc3oc4ccccc4c3c2)=NC(c2ccc3oc4ccccc4c3c2)=NC1c1cc(-n2c3cc4ccccc4cc3c3ccc4ccccc4c32)c2c(c1)sc1ccccc12. The van der Waals surface area contributed by atoms with Crippen LogP contribution in [0.4, 0.5) is 0 Å². The van der Waals surface area contributed by atoms with Crippen molar-refractivity contribution in [2.24, 2.45) is 15.9 Å². The van der Waals surface area contributed by atoms with E-state index in [1.54, 1.807) is 0 Å². The Morgan fingerprint density at radius 2 is 1.12 bits per heavy atom. The first kappa shape index (κ1) is 38.8. The molecule has 15 rings (SSSR count). The monoisotopic (exact) mass is 903 g/mol. The molecule has 0 fully saturated rings. The third-order valence-electron chi connectivity index (χ3n) is 14.8. The molecule has 5 nitrogen and oxygen atoms in total. The maximum atomic E-state index is 6.35. The van der Waals surface area contributed by atoms with Gasteiger partial charge in [-0.05, 0) is 125 Å². The number of hydrogen-bond acceptors (Lipinski definition) is 5. The zero-order valence-electron chi connectivity index (χ0n) is 37.6. The summed E-state index contributed by atoms with van der Waals surface area (Å²) in [6, 6.07) is 70.1. The standard InChI is InChI=1S/C63H41N3O2S/c1-36-22-27-51(40-24-28-56-49(31-40)44-16-6-9-19-54(44)67-56)64-63(41-25-29-57-50(32-41)45-17-7-10-20-55(45)68-57)65-61(36)42-34-53(60-47-18-8-11-21-58(47)69-59(60)35-42)66-52-33-39-14-3-2-13-38(39)30-48(52)46-26-23-37-12-4-5-15-43(37)62(46)66/h2-21,23-26,28-36,61H,22,27H2,1H3. The molecule has 5 heterocycles. The van der Waals surface area contributed by atoms with E-state index in [0.717, 1.165) is 79.4 Å². The highest BCUT2D eigenvalue weighted by molar-refractivity contribution is 7.25. The number of rotatable bonds is 4. The number of amidine groups is 1. The summed E-state index contributed by atoms with van der Waals surface area (Å²) < 4.78 is 17.7. The molecule has 0 spiro atoms. The molecular formula is C63H41N3O2S. The summed E-state index contributed by atoms with van der Waals surface area (Å²) in [7, 11) is 0. The molecule has 0 saturated heterocycles. The first-order valence-corrected chi connectivity index (χ1v) is 24.7. The van der Waals surface area contributed by atoms with E-state index >= 15 is 0 Å². The van der Waals surface area contributed by atoms with Gasteiger partial charge in [0.05, 0.1) is 28.5 Å². The molecule has 14 aromatic rings. The molecule has 4 aromatic heterocycles. The molecule has 326 valence electrons. The summed E-state index contributed by atoms with van der Waals surface area (Å²) in [4.78, 5) is 11.5. The van der Waals surface area contributed by atoms with E-state index in [1.165, 1.54) is 74.8 Å². The molecule has 0 aliphatic carbocycles. The summed E-state index contributed by atoms with van der Waals surface area (Å²) >= 11 is 1.87. The quantitative estimate of drug-likeness (QED) is 0.177. The minimum atomic E-state index is -0.193. The zero-order chi connectivity index (χ0) is 45.3. The molecule has 6 heteroatoms. The van der Waals surface area contributed by atoms with Crippen molar-refractivity contribution in [3.63, 3.8) is 0 Å². The van der Waals surface area contributed by atoms with E-state index in [-0.39, 0.29) is 12.0 Å². The molecule has 0 N–H and O–H groups in total. The van der Waals surface area contributed by atoms with Crippen LogP contribution in [0.5, 0.6) is 0 Å². The molecule has 0 radical (unpaired) electrons. The van der Waals surface area contributed by atoms with Gasteiger partial charge in [-0.25, -0.2) is 4.99 Å². The first-order valence-electron chi connectivity index (χ1n) is 23.9. The molecule has 0 bridgehead atoms. The lowest BCUT2D eigenvalue weighted by Crippen LogP contribution is -2.18. The number of hydrogen-bond donors (Lipinski definition) is 0. The van der Waals surface area contributed by atoms with E-state index in [0.29, 0.717) is 0 Å². The number of para-hydroxylation sites is 2. The van der Waals surface area contributed by atoms with Crippen molar-refractivity contribution >= 4 is 130 Å². The molecule has 2 atom stereocenters. The van der Waals surface area contributed by atoms with Crippen LogP contribution in [0.15, 0.2) is 213 Å². The Hall–Kier alpha value is -8.32. The van der Waals surface area contributed by atoms with Crippen LogP contribution in [0.2, 0.25) is 0 Å². The zero-order valence-corrected chi connectivity index (χ0v) is 38.4. The average Bonchev–Trinajstić information content (AvgIpc) is 4.15. The molecule has 2 unspecified atom stereocenters. The Balaban J connectivity index is 1.00. The number of aromatic nitrogens is 1. The number of benzene rings is 10. The largest absolute Gasteiger partial charge is 0.456 e. The second kappa shape index (κ2) is 14.8. The summed E-state index contributed by atoms with van der Waals surface area (Å²) in [5.41, 5.74) is 11.3. The Labute approximate surface area is 399 Å². The fraction of sp³-hybridized carbons (Fsp3) is 0.0794. The van der Waals surface area contributed by atoms with Gasteiger partial charge in [0.25, 0.3) is 0 Å². The molecule has 1 aliphatic heterocycles. The fourth-order valence-electron chi connectivity index (χ4n) is 11.4. The summed E-state index contributed by atoms with van der Waals surface area (Å²) in [6.07, 6.45) is 1.69. The Bertz CT molecular complexity index is 4540. The lowest BCUT2D eigenvalue weighted by molar-refractivity contribution is 0.446. The topological polar surface area (TPSA) is 55.9 Å². The van der Waals surface area contributed by atoms with E-state index < -0.39 is 0 Å². The molecule has 0 saturated carbocycles. The Morgan fingerprint density at radius 1 is 0.493 bits per heavy atom. The minimum Gasteiger partial charge on any atom is -0.456 e. The summed E-state index contributed by atoms with van der Waals surface area (Å²) in [5.74, 6) is 0.892. The van der Waals surface area contributed by atoms with Crippen LogP contribution >= 0.6 is 11.3 Å². The number of thiophene rings is 1. The van der Waals surface area contributed by atoms with Crippen molar-refractivity contribution in [3.8, 4) is 5.69 Å². The Kier molecular flexibility index (Phi) is 8.33. The van der Waals surface area contributed by atoms with Gasteiger partial charge in [0.1, 0.15) is 22.3 Å². The van der Waals surface area contributed by atoms with Gasteiger partial charge in [-0.1, -0.05) is 122 Å². The highest BCUT2D eigenvalue weighted by atomic mass is 32.1. The summed E-state index contributed by atoms with van der Waals surface area (Å²) in [6.45, 7) is 2.38. The van der Waals surface area contributed by atoms with Gasteiger partial charge in [-0.15, -0.1) is 11.3 Å². The smallest absolute Gasteiger partial charge is 0.155 e. The van der Waals surface area contributed by atoms with Gasteiger partial charge in [0.15, 0.2) is 5.84 Å². The van der Waals surface area contributed by atoms with Crippen molar-refractivity contribution in [2.75, 3.05) is 0 Å². The van der Waals surface area contributed by atoms with Crippen molar-refractivity contribution in [3.05, 3.63) is 211 Å². The van der Waals surface area contributed by atoms with Crippen LogP contribution in [0.25, 0.3) is 113 Å². The second-order valence-corrected chi connectivity index (χ2v) is 19.9. The van der Waals surface area contributed by atoms with Crippen molar-refractivity contribution < 1.29 is 8.83 Å². The van der Waals surface area contributed by atoms with E-state index in [4.69, 9.17) is 18.8 Å². The average molecular weight is 904 g/mol. The van der Waals surface area contributed by atoms with Gasteiger partial charge in [-0.2, -0.15) is 0 Å². The number of aliphatic imine (C=N–C) groups is 2.